The van der Waals surface area contributed by atoms with Crippen LogP contribution in [0, 0.1) is 0 Å². The predicted molar refractivity (Wildman–Crippen MR) is 225 cm³/mol. The van der Waals surface area contributed by atoms with Gasteiger partial charge in [-0.05, 0) is 87.0 Å². The van der Waals surface area contributed by atoms with E-state index < -0.39 is 0 Å². The molecular formula is C51H33N3O. The molecule has 0 saturated carbocycles. The number of hydrogen-bond acceptors (Lipinski definition) is 4. The first-order valence-corrected chi connectivity index (χ1v) is 18.4. The van der Waals surface area contributed by atoms with E-state index >= 15 is 0 Å². The minimum atomic E-state index is 0.607. The van der Waals surface area contributed by atoms with Gasteiger partial charge in [0.1, 0.15) is 11.2 Å². The molecule has 4 nitrogen and oxygen atoms in total. The summed E-state index contributed by atoms with van der Waals surface area (Å²) in [6, 6.07) is 69.4. The van der Waals surface area contributed by atoms with E-state index in [9.17, 15) is 0 Å². The standard InChI is InChI=1S/C51H33N3O/c1-4-13-34(14-5-1)39-19-12-20-41(29-39)50-52-49(38-25-23-37(24-26-38)40-27-28-46-45-21-10-11-22-47(45)55-48(46)33-40)53-51(54-50)44-31-42(35-15-6-2-7-16-35)30-43(32-44)36-17-8-3-9-18-36/h1-33H. The molecule has 0 aliphatic rings. The molecule has 10 rings (SSSR count). The van der Waals surface area contributed by atoms with E-state index in [0.29, 0.717) is 17.5 Å². The van der Waals surface area contributed by atoms with Crippen LogP contribution in [-0.4, -0.2) is 15.0 Å². The third kappa shape index (κ3) is 6.36. The van der Waals surface area contributed by atoms with Crippen LogP contribution in [0.1, 0.15) is 0 Å². The molecule has 55 heavy (non-hydrogen) atoms. The lowest BCUT2D eigenvalue weighted by Crippen LogP contribution is -2.01. The van der Waals surface area contributed by atoms with Crippen LogP contribution in [0.25, 0.3) is 101 Å². The van der Waals surface area contributed by atoms with Gasteiger partial charge >= 0.3 is 0 Å². The normalized spacial score (nSPS) is 11.3. The maximum absolute atomic E-state index is 6.20. The molecule has 2 aromatic heterocycles. The summed E-state index contributed by atoms with van der Waals surface area (Å²) in [6.45, 7) is 0. The first-order chi connectivity index (χ1) is 27.2. The number of nitrogens with zero attached hydrogens (tertiary/aromatic N) is 3. The minimum absolute atomic E-state index is 0.607. The van der Waals surface area contributed by atoms with Crippen molar-refractivity contribution in [3.8, 4) is 78.7 Å². The number of para-hydroxylation sites is 1. The van der Waals surface area contributed by atoms with Gasteiger partial charge in [-0.2, -0.15) is 0 Å². The summed E-state index contributed by atoms with van der Waals surface area (Å²) in [5.74, 6) is 1.83. The highest BCUT2D eigenvalue weighted by Crippen LogP contribution is 2.36. The number of benzene rings is 8. The molecule has 0 bridgehead atoms. The Morgan fingerprint density at radius 1 is 0.236 bits per heavy atom. The van der Waals surface area contributed by atoms with Crippen molar-refractivity contribution in [1.29, 1.82) is 0 Å². The van der Waals surface area contributed by atoms with Crippen molar-refractivity contribution >= 4 is 21.9 Å². The fraction of sp³-hybridized carbons (Fsp3) is 0. The Hall–Kier alpha value is -7.43. The van der Waals surface area contributed by atoms with Crippen molar-refractivity contribution in [2.24, 2.45) is 0 Å². The lowest BCUT2D eigenvalue weighted by molar-refractivity contribution is 0.669. The number of aromatic nitrogens is 3. The molecule has 0 aliphatic carbocycles. The van der Waals surface area contributed by atoms with Crippen molar-refractivity contribution in [3.05, 3.63) is 200 Å². The van der Waals surface area contributed by atoms with Crippen LogP contribution < -0.4 is 0 Å². The average molecular weight is 704 g/mol. The van der Waals surface area contributed by atoms with Gasteiger partial charge in [0.15, 0.2) is 17.5 Å². The van der Waals surface area contributed by atoms with Gasteiger partial charge in [0.2, 0.25) is 0 Å². The molecule has 0 fully saturated rings. The number of furan rings is 1. The van der Waals surface area contributed by atoms with Crippen molar-refractivity contribution < 1.29 is 4.42 Å². The lowest BCUT2D eigenvalue weighted by atomic mass is 9.96. The molecule has 2 heterocycles. The van der Waals surface area contributed by atoms with Gasteiger partial charge in [0.05, 0.1) is 0 Å². The Morgan fingerprint density at radius 3 is 1.29 bits per heavy atom. The quantitative estimate of drug-likeness (QED) is 0.166. The molecule has 0 aliphatic heterocycles. The van der Waals surface area contributed by atoms with Crippen molar-refractivity contribution in [3.63, 3.8) is 0 Å². The van der Waals surface area contributed by atoms with Gasteiger partial charge in [-0.3, -0.25) is 0 Å². The summed E-state index contributed by atoms with van der Waals surface area (Å²) in [5.41, 5.74) is 13.4. The molecule has 258 valence electrons. The van der Waals surface area contributed by atoms with E-state index in [4.69, 9.17) is 19.4 Å². The Kier molecular flexibility index (Phi) is 8.12. The smallest absolute Gasteiger partial charge is 0.164 e. The molecule has 0 spiro atoms. The molecule has 8 aromatic carbocycles. The molecular weight excluding hydrogens is 671 g/mol. The number of rotatable bonds is 7. The summed E-state index contributed by atoms with van der Waals surface area (Å²) in [5, 5.41) is 2.24. The highest BCUT2D eigenvalue weighted by atomic mass is 16.3. The average Bonchev–Trinajstić information content (AvgIpc) is 3.65. The molecule has 0 unspecified atom stereocenters. The minimum Gasteiger partial charge on any atom is -0.456 e. The first-order valence-electron chi connectivity index (χ1n) is 18.4. The van der Waals surface area contributed by atoms with Gasteiger partial charge in [0, 0.05) is 27.5 Å². The van der Waals surface area contributed by atoms with Crippen molar-refractivity contribution in [1.82, 2.24) is 15.0 Å². The Morgan fingerprint density at radius 2 is 0.636 bits per heavy atom. The Labute approximate surface area is 319 Å². The first kappa shape index (κ1) is 32.2. The van der Waals surface area contributed by atoms with E-state index in [1.165, 1.54) is 0 Å². The van der Waals surface area contributed by atoms with E-state index in [2.05, 4.69) is 164 Å². The maximum Gasteiger partial charge on any atom is 0.164 e. The van der Waals surface area contributed by atoms with Gasteiger partial charge in [0.25, 0.3) is 0 Å². The second-order valence-electron chi connectivity index (χ2n) is 13.7. The third-order valence-corrected chi connectivity index (χ3v) is 10.1. The highest BCUT2D eigenvalue weighted by molar-refractivity contribution is 6.05. The van der Waals surface area contributed by atoms with Gasteiger partial charge in [-0.25, -0.2) is 15.0 Å². The van der Waals surface area contributed by atoms with Crippen LogP contribution in [0.3, 0.4) is 0 Å². The summed E-state index contributed by atoms with van der Waals surface area (Å²) in [4.78, 5) is 15.5. The molecule has 0 radical (unpaired) electrons. The summed E-state index contributed by atoms with van der Waals surface area (Å²) in [7, 11) is 0. The monoisotopic (exact) mass is 703 g/mol. The molecule has 4 heteroatoms. The predicted octanol–water partition coefficient (Wildman–Crippen LogP) is 13.4. The topological polar surface area (TPSA) is 51.8 Å². The van der Waals surface area contributed by atoms with E-state index in [1.54, 1.807) is 0 Å². The van der Waals surface area contributed by atoms with Crippen LogP contribution in [0.5, 0.6) is 0 Å². The summed E-state index contributed by atoms with van der Waals surface area (Å²) >= 11 is 0. The van der Waals surface area contributed by atoms with Crippen LogP contribution in [0.2, 0.25) is 0 Å². The van der Waals surface area contributed by atoms with Crippen LogP contribution in [0.15, 0.2) is 205 Å². The van der Waals surface area contributed by atoms with Gasteiger partial charge in [-0.1, -0.05) is 158 Å². The molecule has 0 amide bonds. The zero-order valence-electron chi connectivity index (χ0n) is 29.8. The van der Waals surface area contributed by atoms with Crippen LogP contribution in [-0.2, 0) is 0 Å². The molecule has 10 aromatic rings. The summed E-state index contributed by atoms with van der Waals surface area (Å²) in [6.07, 6.45) is 0. The zero-order valence-corrected chi connectivity index (χ0v) is 29.8. The van der Waals surface area contributed by atoms with Crippen molar-refractivity contribution in [2.45, 2.75) is 0 Å². The van der Waals surface area contributed by atoms with Gasteiger partial charge < -0.3 is 4.42 Å². The molecule has 0 atom stereocenters. The third-order valence-electron chi connectivity index (χ3n) is 10.1. The zero-order chi connectivity index (χ0) is 36.6. The molecule has 0 saturated heterocycles. The largest absolute Gasteiger partial charge is 0.456 e. The Balaban J connectivity index is 1.11. The highest BCUT2D eigenvalue weighted by Gasteiger charge is 2.16. The van der Waals surface area contributed by atoms with E-state index in [1.807, 2.05) is 36.4 Å². The van der Waals surface area contributed by atoms with E-state index in [-0.39, 0.29) is 0 Å². The fourth-order valence-electron chi connectivity index (χ4n) is 7.30. The van der Waals surface area contributed by atoms with Gasteiger partial charge in [-0.15, -0.1) is 0 Å². The van der Waals surface area contributed by atoms with Crippen molar-refractivity contribution in [2.75, 3.05) is 0 Å². The SMILES string of the molecule is c1ccc(-c2cccc(-c3nc(-c4ccc(-c5ccc6c(c5)oc5ccccc56)cc4)nc(-c4cc(-c5ccccc5)cc(-c5ccccc5)c4)n3)c2)cc1. The lowest BCUT2D eigenvalue weighted by Gasteiger charge is -2.13. The second kappa shape index (κ2) is 13.8. The fourth-order valence-corrected chi connectivity index (χ4v) is 7.30. The van der Waals surface area contributed by atoms with E-state index in [0.717, 1.165) is 83.1 Å². The maximum atomic E-state index is 6.20. The number of hydrogen-bond donors (Lipinski definition) is 0. The second-order valence-corrected chi connectivity index (χ2v) is 13.7. The molecule has 0 N–H and O–H groups in total. The summed E-state index contributed by atoms with van der Waals surface area (Å²) < 4.78 is 6.20. The van der Waals surface area contributed by atoms with Crippen LogP contribution >= 0.6 is 0 Å². The number of fused-ring (bicyclic) bond motifs is 3. The Bertz CT molecular complexity index is 2900. The van der Waals surface area contributed by atoms with Crippen LogP contribution in [0.4, 0.5) is 0 Å².